The number of halogens is 1. The van der Waals surface area contributed by atoms with Gasteiger partial charge in [0.15, 0.2) is 0 Å². The van der Waals surface area contributed by atoms with Crippen LogP contribution in [-0.4, -0.2) is 47.3 Å². The Morgan fingerprint density at radius 2 is 1.94 bits per heavy atom. The molecule has 0 bridgehead atoms. The SMILES string of the molecule is CN(C)c1nc(Cl)nc(NCC(C)(C)CCO)n1. The predicted molar refractivity (Wildman–Crippen MR) is 73.1 cm³/mol. The van der Waals surface area contributed by atoms with Crippen LogP contribution in [0.25, 0.3) is 0 Å². The van der Waals surface area contributed by atoms with E-state index in [1.807, 2.05) is 14.1 Å². The molecule has 0 unspecified atom stereocenters. The zero-order valence-electron chi connectivity index (χ0n) is 11.2. The molecule has 1 heterocycles. The Morgan fingerprint density at radius 3 is 2.50 bits per heavy atom. The number of aliphatic hydroxyl groups excluding tert-OH is 1. The molecular weight excluding hydrogens is 254 g/mol. The summed E-state index contributed by atoms with van der Waals surface area (Å²) < 4.78 is 0. The largest absolute Gasteiger partial charge is 0.396 e. The first-order chi connectivity index (χ1) is 8.34. The highest BCUT2D eigenvalue weighted by Gasteiger charge is 2.17. The monoisotopic (exact) mass is 273 g/mol. The first-order valence-corrected chi connectivity index (χ1v) is 6.15. The number of hydrogen-bond acceptors (Lipinski definition) is 6. The van der Waals surface area contributed by atoms with Crippen LogP contribution in [0.5, 0.6) is 0 Å². The van der Waals surface area contributed by atoms with E-state index < -0.39 is 0 Å². The molecule has 1 rings (SSSR count). The van der Waals surface area contributed by atoms with Crippen molar-refractivity contribution in [3.8, 4) is 0 Å². The molecule has 0 spiro atoms. The number of anilines is 2. The van der Waals surface area contributed by atoms with Crippen LogP contribution in [0.3, 0.4) is 0 Å². The quantitative estimate of drug-likeness (QED) is 0.816. The summed E-state index contributed by atoms with van der Waals surface area (Å²) in [6.07, 6.45) is 0.708. The van der Waals surface area contributed by atoms with E-state index in [-0.39, 0.29) is 17.3 Å². The lowest BCUT2D eigenvalue weighted by Crippen LogP contribution is -2.25. The molecule has 1 aromatic heterocycles. The van der Waals surface area contributed by atoms with Crippen LogP contribution in [0.2, 0.25) is 5.28 Å². The minimum atomic E-state index is -0.0356. The lowest BCUT2D eigenvalue weighted by Gasteiger charge is -2.24. The Labute approximate surface area is 112 Å². The van der Waals surface area contributed by atoms with Crippen molar-refractivity contribution in [1.82, 2.24) is 15.0 Å². The Hall–Kier alpha value is -1.14. The highest BCUT2D eigenvalue weighted by Crippen LogP contribution is 2.20. The number of nitrogens with one attached hydrogen (secondary N) is 1. The Bertz CT molecular complexity index is 397. The highest BCUT2D eigenvalue weighted by atomic mass is 35.5. The molecule has 0 fully saturated rings. The third kappa shape index (κ3) is 4.62. The van der Waals surface area contributed by atoms with Gasteiger partial charge < -0.3 is 15.3 Å². The standard InChI is InChI=1S/C11H20ClN5O/c1-11(2,5-6-18)7-13-9-14-8(12)15-10(16-9)17(3)4/h18H,5-7H2,1-4H3,(H,13,14,15,16). The molecule has 0 atom stereocenters. The number of aromatic nitrogens is 3. The zero-order valence-corrected chi connectivity index (χ0v) is 12.0. The van der Waals surface area contributed by atoms with Crippen LogP contribution in [-0.2, 0) is 0 Å². The highest BCUT2D eigenvalue weighted by molar-refractivity contribution is 6.28. The van der Waals surface area contributed by atoms with Gasteiger partial charge in [-0.1, -0.05) is 13.8 Å². The molecule has 6 nitrogen and oxygen atoms in total. The molecule has 0 saturated heterocycles. The van der Waals surface area contributed by atoms with Crippen molar-refractivity contribution in [2.24, 2.45) is 5.41 Å². The normalized spacial score (nSPS) is 11.4. The van der Waals surface area contributed by atoms with Gasteiger partial charge in [0.05, 0.1) is 0 Å². The Balaban J connectivity index is 2.73. The van der Waals surface area contributed by atoms with Gasteiger partial charge in [-0.25, -0.2) is 0 Å². The predicted octanol–water partition coefficient (Wildman–Crippen LogP) is 1.41. The fourth-order valence-electron chi connectivity index (χ4n) is 1.33. The molecular formula is C11H20ClN5O. The number of aliphatic hydroxyl groups is 1. The molecule has 7 heteroatoms. The van der Waals surface area contributed by atoms with Crippen LogP contribution in [0.15, 0.2) is 0 Å². The molecule has 2 N–H and O–H groups in total. The molecule has 0 aliphatic carbocycles. The van der Waals surface area contributed by atoms with Crippen molar-refractivity contribution in [2.75, 3.05) is 37.5 Å². The van der Waals surface area contributed by atoms with Crippen molar-refractivity contribution in [1.29, 1.82) is 0 Å². The van der Waals surface area contributed by atoms with Crippen molar-refractivity contribution >= 4 is 23.5 Å². The van der Waals surface area contributed by atoms with Gasteiger partial charge in [-0.15, -0.1) is 0 Å². The van der Waals surface area contributed by atoms with Crippen molar-refractivity contribution in [2.45, 2.75) is 20.3 Å². The summed E-state index contributed by atoms with van der Waals surface area (Å²) in [7, 11) is 3.68. The summed E-state index contributed by atoms with van der Waals surface area (Å²) in [5.74, 6) is 0.960. The van der Waals surface area contributed by atoms with Crippen LogP contribution < -0.4 is 10.2 Å². The van der Waals surface area contributed by atoms with Crippen molar-refractivity contribution in [3.63, 3.8) is 0 Å². The van der Waals surface area contributed by atoms with E-state index in [4.69, 9.17) is 16.7 Å². The van der Waals surface area contributed by atoms with E-state index in [1.165, 1.54) is 0 Å². The number of rotatable bonds is 6. The summed E-state index contributed by atoms with van der Waals surface area (Å²) in [6, 6.07) is 0. The number of hydrogen-bond donors (Lipinski definition) is 2. The summed E-state index contributed by atoms with van der Waals surface area (Å²) in [6.45, 7) is 4.94. The summed E-state index contributed by atoms with van der Waals surface area (Å²) in [5, 5.41) is 12.2. The molecule has 1 aromatic rings. The van der Waals surface area contributed by atoms with Gasteiger partial charge >= 0.3 is 0 Å². The van der Waals surface area contributed by atoms with Crippen molar-refractivity contribution in [3.05, 3.63) is 5.28 Å². The Morgan fingerprint density at radius 1 is 1.28 bits per heavy atom. The van der Waals surface area contributed by atoms with Gasteiger partial charge in [0.1, 0.15) is 0 Å². The lowest BCUT2D eigenvalue weighted by atomic mass is 9.90. The minimum absolute atomic E-state index is 0.0356. The fourth-order valence-corrected chi connectivity index (χ4v) is 1.48. The summed E-state index contributed by atoms with van der Waals surface area (Å²) in [4.78, 5) is 14.0. The summed E-state index contributed by atoms with van der Waals surface area (Å²) >= 11 is 5.84. The van der Waals surface area contributed by atoms with E-state index in [2.05, 4.69) is 34.1 Å². The third-order valence-corrected chi connectivity index (χ3v) is 2.68. The average Bonchev–Trinajstić information content (AvgIpc) is 2.26. The molecule has 0 radical (unpaired) electrons. The molecule has 0 aromatic carbocycles. The third-order valence-electron chi connectivity index (χ3n) is 2.51. The van der Waals surface area contributed by atoms with Crippen LogP contribution in [0.1, 0.15) is 20.3 Å². The molecule has 18 heavy (non-hydrogen) atoms. The zero-order chi connectivity index (χ0) is 13.8. The second-order valence-electron chi connectivity index (χ2n) is 5.11. The van der Waals surface area contributed by atoms with Gasteiger partial charge in [-0.2, -0.15) is 15.0 Å². The van der Waals surface area contributed by atoms with Crippen molar-refractivity contribution < 1.29 is 5.11 Å². The Kier molecular flexibility index (Phi) is 5.10. The van der Waals surface area contributed by atoms with E-state index in [9.17, 15) is 0 Å². The van der Waals surface area contributed by atoms with E-state index in [0.29, 0.717) is 24.9 Å². The van der Waals surface area contributed by atoms with Gasteiger partial charge in [0.25, 0.3) is 0 Å². The molecule has 0 saturated carbocycles. The van der Waals surface area contributed by atoms with Gasteiger partial charge in [-0.05, 0) is 23.4 Å². The van der Waals surface area contributed by atoms with E-state index in [1.54, 1.807) is 4.90 Å². The molecule has 0 aliphatic rings. The maximum absolute atomic E-state index is 8.96. The minimum Gasteiger partial charge on any atom is -0.396 e. The maximum atomic E-state index is 8.96. The second kappa shape index (κ2) is 6.15. The number of nitrogens with zero attached hydrogens (tertiary/aromatic N) is 4. The maximum Gasteiger partial charge on any atom is 0.230 e. The average molecular weight is 274 g/mol. The van der Waals surface area contributed by atoms with Gasteiger partial charge in [-0.3, -0.25) is 0 Å². The van der Waals surface area contributed by atoms with E-state index >= 15 is 0 Å². The van der Waals surface area contributed by atoms with Crippen LogP contribution in [0.4, 0.5) is 11.9 Å². The topological polar surface area (TPSA) is 74.2 Å². The first kappa shape index (κ1) is 14.9. The van der Waals surface area contributed by atoms with Gasteiger partial charge in [0, 0.05) is 27.2 Å². The van der Waals surface area contributed by atoms with E-state index in [0.717, 1.165) is 0 Å². The lowest BCUT2D eigenvalue weighted by molar-refractivity contribution is 0.220. The fraction of sp³-hybridized carbons (Fsp3) is 0.727. The molecule has 0 aliphatic heterocycles. The second-order valence-corrected chi connectivity index (χ2v) is 5.45. The first-order valence-electron chi connectivity index (χ1n) is 5.78. The summed E-state index contributed by atoms with van der Waals surface area (Å²) in [5.41, 5.74) is -0.0356. The van der Waals surface area contributed by atoms with Gasteiger partial charge in [0.2, 0.25) is 17.2 Å². The molecule has 102 valence electrons. The smallest absolute Gasteiger partial charge is 0.230 e. The van der Waals surface area contributed by atoms with Crippen LogP contribution in [0, 0.1) is 5.41 Å². The van der Waals surface area contributed by atoms with Crippen LogP contribution >= 0.6 is 11.6 Å². The molecule has 0 amide bonds.